The van der Waals surface area contributed by atoms with Crippen LogP contribution in [0.2, 0.25) is 20.1 Å². The molecule has 2 rings (SSSR count). The van der Waals surface area contributed by atoms with E-state index in [1.807, 2.05) is 0 Å². The monoisotopic (exact) mass is 561 g/mol. The normalized spacial score (nSPS) is 12.7. The Morgan fingerprint density at radius 1 is 1.03 bits per heavy atom. The zero-order valence-electron chi connectivity index (χ0n) is 17.1. The van der Waals surface area contributed by atoms with Gasteiger partial charge in [-0.1, -0.05) is 64.6 Å². The molecule has 0 aliphatic carbocycles. The summed E-state index contributed by atoms with van der Waals surface area (Å²) in [5.41, 5.74) is -0.118. The number of allylic oxidation sites excluding steroid dienone is 2. The average molecular weight is 563 g/mol. The van der Waals surface area contributed by atoms with Crippen LogP contribution in [-0.2, 0) is 27.6 Å². The van der Waals surface area contributed by atoms with E-state index in [1.54, 1.807) is 12.1 Å². The number of nitrogens with one attached hydrogen (secondary N) is 1. The zero-order valence-corrected chi connectivity index (χ0v) is 20.9. The molecule has 0 saturated carbocycles. The van der Waals surface area contributed by atoms with Crippen LogP contribution < -0.4 is 5.32 Å². The zero-order chi connectivity index (χ0) is 25.0. The second-order valence-corrected chi connectivity index (χ2v) is 11.0. The third kappa shape index (κ3) is 8.68. The minimum absolute atomic E-state index is 0.0330. The van der Waals surface area contributed by atoms with Gasteiger partial charge in [0.05, 0.1) is 26.4 Å². The number of hydrogen-bond donors (Lipinski definition) is 1. The fraction of sp³-hybridized carbons (Fsp3) is 0.286. The number of rotatable bonds is 8. The van der Waals surface area contributed by atoms with Crippen LogP contribution in [0.5, 0.6) is 0 Å². The standard InChI is InChI=1S/C21H18Cl4F3NO3S/c1-33(31,32)7-6-19(30)29-11-13-4-2-12(8-16(13)22)3-5-15(21(26,27)28)14-9-17(23)20(25)18(24)10-14/h2,4-5,8-10H,3,6-7,11H2,1H3,(H,29,30). The lowest BCUT2D eigenvalue weighted by Gasteiger charge is -2.14. The molecule has 33 heavy (non-hydrogen) atoms. The van der Waals surface area contributed by atoms with Crippen molar-refractivity contribution in [3.8, 4) is 0 Å². The Morgan fingerprint density at radius 2 is 1.64 bits per heavy atom. The Morgan fingerprint density at radius 3 is 2.15 bits per heavy atom. The molecule has 1 N–H and O–H groups in total. The Hall–Kier alpha value is -1.45. The molecule has 0 aliphatic rings. The maximum absolute atomic E-state index is 13.6. The molecule has 180 valence electrons. The third-order valence-electron chi connectivity index (χ3n) is 4.44. The van der Waals surface area contributed by atoms with Crippen molar-refractivity contribution in [1.82, 2.24) is 5.32 Å². The van der Waals surface area contributed by atoms with Crippen molar-refractivity contribution in [2.45, 2.75) is 25.6 Å². The molecule has 0 atom stereocenters. The van der Waals surface area contributed by atoms with E-state index in [0.29, 0.717) is 11.1 Å². The van der Waals surface area contributed by atoms with Gasteiger partial charge in [-0.2, -0.15) is 13.2 Å². The Balaban J connectivity index is 2.16. The van der Waals surface area contributed by atoms with Crippen LogP contribution in [0.15, 0.2) is 36.4 Å². The largest absolute Gasteiger partial charge is 0.416 e. The predicted octanol–water partition coefficient (Wildman–Crippen LogP) is 6.54. The number of carbonyl (C=O) groups is 1. The smallest absolute Gasteiger partial charge is 0.352 e. The molecule has 0 aromatic heterocycles. The van der Waals surface area contributed by atoms with E-state index in [1.165, 1.54) is 6.07 Å². The summed E-state index contributed by atoms with van der Waals surface area (Å²) in [7, 11) is -3.26. The van der Waals surface area contributed by atoms with Gasteiger partial charge >= 0.3 is 6.18 Å². The summed E-state index contributed by atoms with van der Waals surface area (Å²) >= 11 is 23.8. The SMILES string of the molecule is CS(=O)(=O)CCC(=O)NCc1ccc(CC=C(c2cc(Cl)c(Cl)c(Cl)c2)C(F)(F)F)cc1Cl. The Kier molecular flexibility index (Phi) is 9.53. The fourth-order valence-corrected chi connectivity index (χ4v) is 4.17. The second kappa shape index (κ2) is 11.3. The maximum atomic E-state index is 13.6. The number of carbonyl (C=O) groups excluding carboxylic acids is 1. The van der Waals surface area contributed by atoms with Crippen molar-refractivity contribution in [2.75, 3.05) is 12.0 Å². The number of halogens is 7. The molecule has 0 saturated heterocycles. The van der Waals surface area contributed by atoms with Crippen LogP contribution in [0.3, 0.4) is 0 Å². The van der Waals surface area contributed by atoms with Gasteiger partial charge in [-0.25, -0.2) is 8.42 Å². The molecule has 0 radical (unpaired) electrons. The highest BCUT2D eigenvalue weighted by Gasteiger charge is 2.35. The van der Waals surface area contributed by atoms with Crippen LogP contribution in [0.25, 0.3) is 5.57 Å². The molecule has 0 unspecified atom stereocenters. The minimum atomic E-state index is -4.67. The first-order valence-electron chi connectivity index (χ1n) is 9.31. The lowest BCUT2D eigenvalue weighted by Crippen LogP contribution is -2.25. The van der Waals surface area contributed by atoms with Crippen LogP contribution in [0, 0.1) is 0 Å². The number of benzene rings is 2. The van der Waals surface area contributed by atoms with Gasteiger partial charge in [-0.3, -0.25) is 4.79 Å². The van der Waals surface area contributed by atoms with Gasteiger partial charge in [-0.05, 0) is 41.3 Å². The molecule has 0 spiro atoms. The highest BCUT2D eigenvalue weighted by Crippen LogP contribution is 2.39. The molecular formula is C21H18Cl4F3NO3S. The van der Waals surface area contributed by atoms with Gasteiger partial charge in [0.2, 0.25) is 5.91 Å². The summed E-state index contributed by atoms with van der Waals surface area (Å²) < 4.78 is 63.1. The molecule has 0 bridgehead atoms. The summed E-state index contributed by atoms with van der Waals surface area (Å²) in [5.74, 6) is -0.734. The van der Waals surface area contributed by atoms with Crippen LogP contribution >= 0.6 is 46.4 Å². The molecule has 2 aromatic carbocycles. The first kappa shape index (κ1) is 27.8. The topological polar surface area (TPSA) is 63.2 Å². The summed E-state index contributed by atoms with van der Waals surface area (Å²) in [6.07, 6.45) is -2.91. The summed E-state index contributed by atoms with van der Waals surface area (Å²) in [4.78, 5) is 11.8. The molecule has 2 aromatic rings. The highest BCUT2D eigenvalue weighted by molar-refractivity contribution is 7.90. The fourth-order valence-electron chi connectivity index (χ4n) is 2.75. The first-order chi connectivity index (χ1) is 15.2. The predicted molar refractivity (Wildman–Crippen MR) is 127 cm³/mol. The van der Waals surface area contributed by atoms with E-state index in [2.05, 4.69) is 5.32 Å². The molecule has 0 aliphatic heterocycles. The lowest BCUT2D eigenvalue weighted by molar-refractivity contribution is -0.120. The second-order valence-electron chi connectivity index (χ2n) is 7.16. The minimum Gasteiger partial charge on any atom is -0.352 e. The summed E-state index contributed by atoms with van der Waals surface area (Å²) in [5, 5.41) is 2.57. The summed E-state index contributed by atoms with van der Waals surface area (Å²) in [6.45, 7) is 0.0487. The first-order valence-corrected chi connectivity index (χ1v) is 12.9. The van der Waals surface area contributed by atoms with Crippen molar-refractivity contribution >= 4 is 67.7 Å². The lowest BCUT2D eigenvalue weighted by atomic mass is 10.0. The molecule has 0 fully saturated rings. The molecule has 4 nitrogen and oxygen atoms in total. The number of amides is 1. The van der Waals surface area contributed by atoms with Gasteiger partial charge in [0, 0.05) is 24.2 Å². The van der Waals surface area contributed by atoms with Crippen LogP contribution in [-0.4, -0.2) is 32.5 Å². The van der Waals surface area contributed by atoms with E-state index in [-0.39, 0.29) is 50.8 Å². The van der Waals surface area contributed by atoms with E-state index in [9.17, 15) is 26.4 Å². The van der Waals surface area contributed by atoms with Gasteiger partial charge in [0.1, 0.15) is 9.84 Å². The highest BCUT2D eigenvalue weighted by atomic mass is 35.5. The van der Waals surface area contributed by atoms with Gasteiger partial charge in [0.15, 0.2) is 0 Å². The average Bonchev–Trinajstić information content (AvgIpc) is 2.68. The van der Waals surface area contributed by atoms with Gasteiger partial charge in [0.25, 0.3) is 0 Å². The van der Waals surface area contributed by atoms with E-state index >= 15 is 0 Å². The summed E-state index contributed by atoms with van der Waals surface area (Å²) in [6, 6.07) is 6.84. The van der Waals surface area contributed by atoms with Crippen molar-refractivity contribution in [3.63, 3.8) is 0 Å². The van der Waals surface area contributed by atoms with Crippen molar-refractivity contribution < 1.29 is 26.4 Å². The quantitative estimate of drug-likeness (QED) is 0.372. The third-order valence-corrected chi connectivity index (χ3v) is 6.93. The van der Waals surface area contributed by atoms with E-state index in [4.69, 9.17) is 46.4 Å². The molecule has 12 heteroatoms. The van der Waals surface area contributed by atoms with Gasteiger partial charge < -0.3 is 5.32 Å². The maximum Gasteiger partial charge on any atom is 0.416 e. The van der Waals surface area contributed by atoms with Crippen molar-refractivity contribution in [1.29, 1.82) is 0 Å². The van der Waals surface area contributed by atoms with Gasteiger partial charge in [-0.15, -0.1) is 0 Å². The number of hydrogen-bond acceptors (Lipinski definition) is 3. The molecule has 0 heterocycles. The van der Waals surface area contributed by atoms with Crippen molar-refractivity contribution in [2.24, 2.45) is 0 Å². The number of alkyl halides is 3. The van der Waals surface area contributed by atoms with Crippen LogP contribution in [0.1, 0.15) is 23.1 Å². The Labute approximate surface area is 209 Å². The Bertz CT molecular complexity index is 1160. The van der Waals surface area contributed by atoms with E-state index < -0.39 is 27.5 Å². The molecular weight excluding hydrogens is 545 g/mol. The van der Waals surface area contributed by atoms with E-state index in [0.717, 1.165) is 24.5 Å². The van der Waals surface area contributed by atoms with Crippen molar-refractivity contribution in [3.05, 3.63) is 73.2 Å². The number of sulfone groups is 1. The van der Waals surface area contributed by atoms with Crippen LogP contribution in [0.4, 0.5) is 13.2 Å². The molecule has 1 amide bonds.